The Kier molecular flexibility index (Phi) is 4.83. The number of anilines is 1. The van der Waals surface area contributed by atoms with Gasteiger partial charge in [0.2, 0.25) is 0 Å². The van der Waals surface area contributed by atoms with Crippen molar-refractivity contribution >= 4 is 39.3 Å². The third-order valence-corrected chi connectivity index (χ3v) is 5.17. The number of fused-ring (bicyclic) bond motifs is 1. The molecular weight excluding hydrogens is 397 g/mol. The topological polar surface area (TPSA) is 118 Å². The minimum Gasteiger partial charge on any atom is -0.478 e. The van der Waals surface area contributed by atoms with Crippen LogP contribution < -0.4 is 11.1 Å². The molecule has 0 saturated heterocycles. The summed E-state index contributed by atoms with van der Waals surface area (Å²) < 4.78 is 19.9. The van der Waals surface area contributed by atoms with Crippen LogP contribution in [0.15, 0.2) is 52.3 Å². The summed E-state index contributed by atoms with van der Waals surface area (Å²) in [5.74, 6) is -2.78. The molecule has 0 saturated carbocycles. The Bertz CT molecular complexity index is 1210. The molecule has 4 aromatic rings. The number of carbonyl (C=O) groups excluding carboxylic acids is 1. The van der Waals surface area contributed by atoms with E-state index in [1.807, 2.05) is 0 Å². The molecule has 0 aliphatic heterocycles. The fourth-order valence-corrected chi connectivity index (χ4v) is 3.84. The van der Waals surface area contributed by atoms with E-state index in [9.17, 15) is 19.1 Å². The van der Waals surface area contributed by atoms with Crippen LogP contribution in [0.2, 0.25) is 0 Å². The molecule has 29 heavy (non-hydrogen) atoms. The normalized spacial score (nSPS) is 11.0. The second-order valence-corrected chi connectivity index (χ2v) is 7.00. The highest BCUT2D eigenvalue weighted by atomic mass is 32.1. The Hall–Kier alpha value is -3.56. The summed E-state index contributed by atoms with van der Waals surface area (Å²) in [6.07, 6.45) is 0. The Morgan fingerprint density at radius 3 is 2.69 bits per heavy atom. The van der Waals surface area contributed by atoms with Crippen LogP contribution >= 0.6 is 11.3 Å². The molecule has 2 aromatic heterocycles. The number of hydrogen-bond acceptors (Lipinski definition) is 6. The summed E-state index contributed by atoms with van der Waals surface area (Å²) in [6, 6.07) is 11.2. The molecule has 0 aliphatic carbocycles. The van der Waals surface area contributed by atoms with Crippen LogP contribution in [0.25, 0.3) is 22.2 Å². The Balaban J connectivity index is 1.70. The van der Waals surface area contributed by atoms with Crippen molar-refractivity contribution in [2.75, 3.05) is 5.32 Å². The SMILES string of the molecule is NCc1ccc(-c2csc(NC(=O)c3nc4ccccc4o3)c2C(=O)O)c(F)c1. The van der Waals surface area contributed by atoms with Crippen molar-refractivity contribution in [3.05, 3.63) is 70.7 Å². The summed E-state index contributed by atoms with van der Waals surface area (Å²) >= 11 is 0.974. The van der Waals surface area contributed by atoms with Crippen LogP contribution in [-0.4, -0.2) is 22.0 Å². The van der Waals surface area contributed by atoms with Gasteiger partial charge in [-0.05, 0) is 23.8 Å². The third kappa shape index (κ3) is 3.48. The predicted octanol–water partition coefficient (Wildman–Crippen LogP) is 4.10. The number of nitrogens with two attached hydrogens (primary N) is 1. The molecule has 0 unspecified atom stereocenters. The summed E-state index contributed by atoms with van der Waals surface area (Å²) in [7, 11) is 0. The van der Waals surface area contributed by atoms with E-state index in [1.54, 1.807) is 30.3 Å². The van der Waals surface area contributed by atoms with E-state index < -0.39 is 17.7 Å². The number of amides is 1. The molecular formula is C20H14FN3O4S. The van der Waals surface area contributed by atoms with Crippen molar-refractivity contribution in [3.8, 4) is 11.1 Å². The van der Waals surface area contributed by atoms with E-state index in [1.165, 1.54) is 17.5 Å². The molecule has 9 heteroatoms. The molecule has 0 fully saturated rings. The van der Waals surface area contributed by atoms with Crippen LogP contribution in [-0.2, 0) is 6.54 Å². The largest absolute Gasteiger partial charge is 0.478 e. The van der Waals surface area contributed by atoms with Gasteiger partial charge in [0.25, 0.3) is 5.89 Å². The number of aromatic carboxylic acids is 1. The van der Waals surface area contributed by atoms with Gasteiger partial charge in [-0.3, -0.25) is 4.79 Å². The lowest BCUT2D eigenvalue weighted by atomic mass is 10.0. The number of rotatable bonds is 5. The van der Waals surface area contributed by atoms with Gasteiger partial charge in [-0.1, -0.05) is 24.3 Å². The predicted molar refractivity (Wildman–Crippen MR) is 107 cm³/mol. The van der Waals surface area contributed by atoms with Gasteiger partial charge in [-0.25, -0.2) is 14.2 Å². The average molecular weight is 411 g/mol. The molecule has 4 rings (SSSR count). The van der Waals surface area contributed by atoms with Gasteiger partial charge in [-0.15, -0.1) is 11.3 Å². The van der Waals surface area contributed by atoms with Crippen LogP contribution in [0.3, 0.4) is 0 Å². The van der Waals surface area contributed by atoms with Crippen LogP contribution in [0.4, 0.5) is 9.39 Å². The Morgan fingerprint density at radius 1 is 1.21 bits per heavy atom. The average Bonchev–Trinajstić information content (AvgIpc) is 3.32. The van der Waals surface area contributed by atoms with E-state index in [4.69, 9.17) is 10.2 Å². The molecule has 2 aromatic carbocycles. The summed E-state index contributed by atoms with van der Waals surface area (Å²) in [5.41, 5.74) is 7.10. The van der Waals surface area contributed by atoms with Crippen molar-refractivity contribution in [1.29, 1.82) is 0 Å². The van der Waals surface area contributed by atoms with Gasteiger partial charge in [0.15, 0.2) is 5.58 Å². The highest BCUT2D eigenvalue weighted by Crippen LogP contribution is 2.37. The van der Waals surface area contributed by atoms with Crippen LogP contribution in [0, 0.1) is 5.82 Å². The molecule has 146 valence electrons. The van der Waals surface area contributed by atoms with Crippen LogP contribution in [0.5, 0.6) is 0 Å². The lowest BCUT2D eigenvalue weighted by Crippen LogP contribution is -2.14. The summed E-state index contributed by atoms with van der Waals surface area (Å²) in [6.45, 7) is 0.165. The van der Waals surface area contributed by atoms with E-state index in [0.717, 1.165) is 11.3 Å². The summed E-state index contributed by atoms with van der Waals surface area (Å²) in [4.78, 5) is 28.4. The van der Waals surface area contributed by atoms with E-state index in [0.29, 0.717) is 16.7 Å². The number of oxazole rings is 1. The molecule has 0 aliphatic rings. The first-order valence-electron chi connectivity index (χ1n) is 8.48. The third-order valence-electron chi connectivity index (χ3n) is 4.28. The molecule has 0 radical (unpaired) electrons. The lowest BCUT2D eigenvalue weighted by Gasteiger charge is -2.07. The standard InChI is InChI=1S/C20H14FN3O4S/c21-13-7-10(8-22)5-6-11(13)12-9-29-19(16(12)20(26)27)24-17(25)18-23-14-3-1-2-4-15(14)28-18/h1-7,9H,8,22H2,(H,24,25)(H,26,27). The van der Waals surface area contributed by atoms with E-state index in [2.05, 4.69) is 10.3 Å². The van der Waals surface area contributed by atoms with Gasteiger partial charge < -0.3 is 20.6 Å². The van der Waals surface area contributed by atoms with Gasteiger partial charge in [0, 0.05) is 23.1 Å². The number of para-hydroxylation sites is 2. The van der Waals surface area contributed by atoms with E-state index >= 15 is 0 Å². The molecule has 0 spiro atoms. The number of nitrogens with one attached hydrogen (secondary N) is 1. The molecule has 4 N–H and O–H groups in total. The first kappa shape index (κ1) is 18.8. The highest BCUT2D eigenvalue weighted by molar-refractivity contribution is 7.15. The number of nitrogens with zero attached hydrogens (tertiary/aromatic N) is 1. The number of benzene rings is 2. The van der Waals surface area contributed by atoms with Gasteiger partial charge >= 0.3 is 11.9 Å². The molecule has 2 heterocycles. The first-order chi connectivity index (χ1) is 14.0. The highest BCUT2D eigenvalue weighted by Gasteiger charge is 2.24. The summed E-state index contributed by atoms with van der Waals surface area (Å²) in [5, 5.41) is 13.7. The number of carboxylic acid groups (broad SMARTS) is 1. The zero-order valence-electron chi connectivity index (χ0n) is 14.8. The van der Waals surface area contributed by atoms with Crippen molar-refractivity contribution in [1.82, 2.24) is 4.98 Å². The lowest BCUT2D eigenvalue weighted by molar-refractivity contribution is 0.0699. The van der Waals surface area contributed by atoms with E-state index in [-0.39, 0.29) is 34.1 Å². The molecule has 1 amide bonds. The fraction of sp³-hybridized carbons (Fsp3) is 0.0500. The van der Waals surface area contributed by atoms with Crippen molar-refractivity contribution in [2.45, 2.75) is 6.54 Å². The maximum atomic E-state index is 14.5. The van der Waals surface area contributed by atoms with Gasteiger partial charge in [0.05, 0.1) is 0 Å². The Morgan fingerprint density at radius 2 is 2.00 bits per heavy atom. The number of halogens is 1. The number of aromatic nitrogens is 1. The van der Waals surface area contributed by atoms with Gasteiger partial charge in [-0.2, -0.15) is 0 Å². The van der Waals surface area contributed by atoms with Crippen molar-refractivity contribution in [2.24, 2.45) is 5.73 Å². The smallest absolute Gasteiger partial charge is 0.339 e. The second kappa shape index (κ2) is 7.46. The monoisotopic (exact) mass is 411 g/mol. The number of carbonyl (C=O) groups is 2. The second-order valence-electron chi connectivity index (χ2n) is 6.12. The minimum atomic E-state index is -1.29. The van der Waals surface area contributed by atoms with Crippen LogP contribution in [0.1, 0.15) is 26.6 Å². The first-order valence-corrected chi connectivity index (χ1v) is 9.36. The molecule has 7 nitrogen and oxygen atoms in total. The zero-order valence-corrected chi connectivity index (χ0v) is 15.6. The minimum absolute atomic E-state index is 0.0575. The molecule has 0 bridgehead atoms. The number of thiophene rings is 1. The van der Waals surface area contributed by atoms with Crippen molar-refractivity contribution in [3.63, 3.8) is 0 Å². The maximum Gasteiger partial charge on any atom is 0.339 e. The Labute approximate surface area is 167 Å². The number of hydrogen-bond donors (Lipinski definition) is 3. The maximum absolute atomic E-state index is 14.5. The quantitative estimate of drug-likeness (QED) is 0.455. The van der Waals surface area contributed by atoms with Crippen molar-refractivity contribution < 1.29 is 23.5 Å². The fourth-order valence-electron chi connectivity index (χ4n) is 2.89. The van der Waals surface area contributed by atoms with Gasteiger partial charge in [0.1, 0.15) is 21.9 Å². The zero-order chi connectivity index (χ0) is 20.5. The molecule has 0 atom stereocenters. The number of carboxylic acids is 1.